The molecule has 11 heteroatoms. The highest BCUT2D eigenvalue weighted by atomic mass is 32.2. The van der Waals surface area contributed by atoms with Crippen LogP contribution in [0.1, 0.15) is 47.1 Å². The number of aryl methyl sites for hydroxylation is 1. The second-order valence-corrected chi connectivity index (χ2v) is 15.4. The van der Waals surface area contributed by atoms with E-state index < -0.39 is 25.4 Å². The van der Waals surface area contributed by atoms with Gasteiger partial charge in [0.05, 0.1) is 30.9 Å². The van der Waals surface area contributed by atoms with Crippen molar-refractivity contribution in [3.05, 3.63) is 48.0 Å². The number of rotatable bonds is 8. The summed E-state index contributed by atoms with van der Waals surface area (Å²) < 4.78 is 56.2. The minimum absolute atomic E-state index is 0.00400. The summed E-state index contributed by atoms with van der Waals surface area (Å²) in [4.78, 5) is 16.2. The number of amides is 1. The Kier molecular flexibility index (Phi) is 9.27. The van der Waals surface area contributed by atoms with E-state index in [1.807, 2.05) is 70.7 Å². The van der Waals surface area contributed by atoms with Gasteiger partial charge in [0.1, 0.15) is 5.60 Å². The van der Waals surface area contributed by atoms with Crippen LogP contribution in [0, 0.1) is 10.7 Å². The third-order valence-electron chi connectivity index (χ3n) is 6.37. The van der Waals surface area contributed by atoms with Crippen LogP contribution >= 0.6 is 0 Å². The molecule has 1 amide bonds. The molecule has 39 heavy (non-hydrogen) atoms. The molecule has 2 aromatic rings. The van der Waals surface area contributed by atoms with Crippen LogP contribution in [-0.4, -0.2) is 68.2 Å². The van der Waals surface area contributed by atoms with Gasteiger partial charge in [-0.25, -0.2) is 22.2 Å². The van der Waals surface area contributed by atoms with Crippen molar-refractivity contribution < 1.29 is 22.2 Å². The Labute approximate surface area is 234 Å². The molecule has 0 radical (unpaired) electrons. The van der Waals surface area contributed by atoms with Crippen molar-refractivity contribution in [3.63, 3.8) is 0 Å². The fraction of sp³-hybridized carbons (Fsp3) is 0.536. The normalized spacial score (nSPS) is 16.2. The molecule has 1 aliphatic heterocycles. The number of sulfonamides is 1. The van der Waals surface area contributed by atoms with Crippen molar-refractivity contribution in [1.29, 1.82) is 4.78 Å². The lowest BCUT2D eigenvalue weighted by Gasteiger charge is -2.37. The van der Waals surface area contributed by atoms with Crippen molar-refractivity contribution >= 4 is 37.2 Å². The SMILES string of the molecule is CCc1ccc(N(CC(C)C)S(=O)(=O)c2ccc(N3CCN(C(=O)OC(C)(C)C)CC3)c(S(C)(=N)=O)c2)cc1. The molecule has 9 nitrogen and oxygen atoms in total. The minimum Gasteiger partial charge on any atom is -0.444 e. The highest BCUT2D eigenvalue weighted by Crippen LogP contribution is 2.32. The first-order chi connectivity index (χ1) is 18.0. The van der Waals surface area contributed by atoms with Crippen molar-refractivity contribution in [2.24, 2.45) is 5.92 Å². The maximum Gasteiger partial charge on any atom is 0.410 e. The van der Waals surface area contributed by atoms with Crippen LogP contribution in [0.4, 0.5) is 16.2 Å². The van der Waals surface area contributed by atoms with Crippen LogP contribution in [0.3, 0.4) is 0 Å². The second-order valence-electron chi connectivity index (χ2n) is 11.4. The molecule has 1 unspecified atom stereocenters. The third kappa shape index (κ3) is 7.66. The lowest BCUT2D eigenvalue weighted by Crippen LogP contribution is -2.50. The van der Waals surface area contributed by atoms with Gasteiger partial charge in [0.15, 0.2) is 0 Å². The van der Waals surface area contributed by atoms with E-state index in [9.17, 15) is 17.4 Å². The summed E-state index contributed by atoms with van der Waals surface area (Å²) in [5.41, 5.74) is 1.62. The first-order valence-corrected chi connectivity index (χ1v) is 16.7. The maximum absolute atomic E-state index is 13.9. The standard InChI is InChI=1S/C28H42N4O5S2/c1-8-22-9-11-23(12-10-22)32(20-21(2)3)39(35,36)24-13-14-25(26(19-24)38(7,29)34)30-15-17-31(18-16-30)27(33)37-28(4,5)6/h9-14,19,21,29H,8,15-18,20H2,1-7H3. The Morgan fingerprint density at radius 3 is 2.10 bits per heavy atom. The van der Waals surface area contributed by atoms with Gasteiger partial charge in [0.25, 0.3) is 10.0 Å². The monoisotopic (exact) mass is 578 g/mol. The predicted molar refractivity (Wildman–Crippen MR) is 157 cm³/mol. The molecule has 0 saturated carbocycles. The van der Waals surface area contributed by atoms with Crippen molar-refractivity contribution in [2.45, 2.75) is 63.4 Å². The van der Waals surface area contributed by atoms with E-state index in [2.05, 4.69) is 0 Å². The van der Waals surface area contributed by atoms with Gasteiger partial charge in [0.2, 0.25) is 0 Å². The van der Waals surface area contributed by atoms with Gasteiger partial charge in [-0.15, -0.1) is 0 Å². The van der Waals surface area contributed by atoms with Gasteiger partial charge in [-0.2, -0.15) is 0 Å². The molecule has 0 aliphatic carbocycles. The molecule has 1 fully saturated rings. The van der Waals surface area contributed by atoms with Gasteiger partial charge < -0.3 is 14.5 Å². The predicted octanol–water partition coefficient (Wildman–Crippen LogP) is 5.19. The van der Waals surface area contributed by atoms with Crippen LogP contribution in [0.5, 0.6) is 0 Å². The van der Waals surface area contributed by atoms with Crippen LogP contribution < -0.4 is 9.21 Å². The number of carbonyl (C=O) groups excluding carboxylic acids is 1. The van der Waals surface area contributed by atoms with Crippen LogP contribution in [0.2, 0.25) is 0 Å². The van der Waals surface area contributed by atoms with E-state index >= 15 is 0 Å². The van der Waals surface area contributed by atoms with Crippen molar-refractivity contribution in [1.82, 2.24) is 4.90 Å². The molecule has 1 N–H and O–H groups in total. The Hall–Kier alpha value is -2.79. The van der Waals surface area contributed by atoms with E-state index in [0.29, 0.717) is 37.6 Å². The fourth-order valence-electron chi connectivity index (χ4n) is 4.38. The molecule has 0 bridgehead atoms. The zero-order chi connectivity index (χ0) is 29.2. The summed E-state index contributed by atoms with van der Waals surface area (Å²) in [5, 5.41) is 0. The number of nitrogens with zero attached hydrogens (tertiary/aromatic N) is 3. The molecule has 1 atom stereocenters. The Bertz CT molecular complexity index is 1370. The first-order valence-electron chi connectivity index (χ1n) is 13.3. The van der Waals surface area contributed by atoms with E-state index in [1.54, 1.807) is 11.0 Å². The molecular weight excluding hydrogens is 536 g/mol. The molecule has 0 aromatic heterocycles. The number of hydrogen-bond acceptors (Lipinski definition) is 7. The number of hydrogen-bond donors (Lipinski definition) is 1. The van der Waals surface area contributed by atoms with E-state index in [-0.39, 0.29) is 28.3 Å². The largest absolute Gasteiger partial charge is 0.444 e. The summed E-state index contributed by atoms with van der Waals surface area (Å²) >= 11 is 0. The van der Waals surface area contributed by atoms with E-state index in [0.717, 1.165) is 12.0 Å². The number of ether oxygens (including phenoxy) is 1. The minimum atomic E-state index is -4.00. The average Bonchev–Trinajstić information content (AvgIpc) is 2.85. The zero-order valence-electron chi connectivity index (χ0n) is 24.1. The number of nitrogens with one attached hydrogen (secondary N) is 1. The second kappa shape index (κ2) is 11.8. The van der Waals surface area contributed by atoms with Gasteiger partial charge in [-0.3, -0.25) is 4.31 Å². The summed E-state index contributed by atoms with van der Waals surface area (Å²) in [6, 6.07) is 12.0. The number of carbonyl (C=O) groups is 1. The van der Waals surface area contributed by atoms with Crippen LogP contribution in [0.15, 0.2) is 52.3 Å². The fourth-order valence-corrected chi connectivity index (χ4v) is 7.06. The van der Waals surface area contributed by atoms with Gasteiger partial charge >= 0.3 is 6.09 Å². The molecular formula is C28H42N4O5S2. The van der Waals surface area contributed by atoms with Crippen molar-refractivity contribution in [3.8, 4) is 0 Å². The topological polar surface area (TPSA) is 111 Å². The van der Waals surface area contributed by atoms with Gasteiger partial charge in [0, 0.05) is 39.0 Å². The quantitative estimate of drug-likeness (QED) is 0.461. The summed E-state index contributed by atoms with van der Waals surface area (Å²) in [6.45, 7) is 13.4. The summed E-state index contributed by atoms with van der Waals surface area (Å²) in [6.07, 6.45) is 1.76. The molecule has 2 aromatic carbocycles. The van der Waals surface area contributed by atoms with Crippen LogP contribution in [-0.2, 0) is 30.9 Å². The molecule has 0 spiro atoms. The van der Waals surface area contributed by atoms with E-state index in [4.69, 9.17) is 9.52 Å². The average molecular weight is 579 g/mol. The molecule has 1 aliphatic rings. The summed E-state index contributed by atoms with van der Waals surface area (Å²) in [5.74, 6) is 0.0669. The Morgan fingerprint density at radius 2 is 1.62 bits per heavy atom. The Balaban J connectivity index is 1.95. The third-order valence-corrected chi connectivity index (χ3v) is 9.33. The zero-order valence-corrected chi connectivity index (χ0v) is 25.7. The lowest BCUT2D eigenvalue weighted by atomic mass is 10.1. The highest BCUT2D eigenvalue weighted by Gasteiger charge is 2.30. The number of benzene rings is 2. The van der Waals surface area contributed by atoms with Crippen molar-refractivity contribution in [2.75, 3.05) is 48.2 Å². The lowest BCUT2D eigenvalue weighted by molar-refractivity contribution is 0.0240. The maximum atomic E-state index is 13.9. The molecule has 3 rings (SSSR count). The number of piperazine rings is 1. The summed E-state index contributed by atoms with van der Waals surface area (Å²) in [7, 11) is -7.27. The smallest absolute Gasteiger partial charge is 0.410 e. The van der Waals surface area contributed by atoms with Crippen LogP contribution in [0.25, 0.3) is 0 Å². The van der Waals surface area contributed by atoms with Gasteiger partial charge in [-0.1, -0.05) is 32.9 Å². The molecule has 1 heterocycles. The Morgan fingerprint density at radius 1 is 1.03 bits per heavy atom. The molecule has 1 saturated heterocycles. The molecule has 216 valence electrons. The van der Waals surface area contributed by atoms with E-state index in [1.165, 1.54) is 22.7 Å². The highest BCUT2D eigenvalue weighted by molar-refractivity contribution is 7.93. The number of anilines is 2. The first kappa shape index (κ1) is 30.7. The van der Waals surface area contributed by atoms with Gasteiger partial charge in [-0.05, 0) is 69.0 Å².